The summed E-state index contributed by atoms with van der Waals surface area (Å²) < 4.78 is 17.7. The Labute approximate surface area is 193 Å². The first-order valence-electron chi connectivity index (χ1n) is 12.3. The molecule has 2 N–H and O–H groups in total. The Balaban J connectivity index is 1.48. The zero-order valence-electron chi connectivity index (χ0n) is 20.5. The molecule has 1 aliphatic carbocycles. The third-order valence-corrected chi connectivity index (χ3v) is 6.38. The van der Waals surface area contributed by atoms with E-state index in [-0.39, 0.29) is 24.3 Å². The highest BCUT2D eigenvalue weighted by Crippen LogP contribution is 2.39. The van der Waals surface area contributed by atoms with E-state index in [1.54, 1.807) is 0 Å². The molecule has 1 aromatic rings. The van der Waals surface area contributed by atoms with Crippen molar-refractivity contribution in [3.8, 4) is 5.75 Å². The second-order valence-corrected chi connectivity index (χ2v) is 10.2. The van der Waals surface area contributed by atoms with Crippen molar-refractivity contribution in [2.24, 2.45) is 0 Å². The minimum Gasteiger partial charge on any atom is -0.494 e. The molecule has 6 nitrogen and oxygen atoms in total. The van der Waals surface area contributed by atoms with Crippen LogP contribution in [0.2, 0.25) is 0 Å². The summed E-state index contributed by atoms with van der Waals surface area (Å²) >= 11 is 0. The van der Waals surface area contributed by atoms with E-state index >= 15 is 0 Å². The maximum absolute atomic E-state index is 12.2. The fourth-order valence-electron chi connectivity index (χ4n) is 4.81. The summed E-state index contributed by atoms with van der Waals surface area (Å²) in [7, 11) is 0. The first kappa shape index (κ1) is 24.8. The van der Waals surface area contributed by atoms with Crippen molar-refractivity contribution < 1.29 is 19.0 Å². The number of hydrogen-bond acceptors (Lipinski definition) is 5. The summed E-state index contributed by atoms with van der Waals surface area (Å²) in [6.07, 6.45) is 6.26. The van der Waals surface area contributed by atoms with Crippen molar-refractivity contribution in [2.45, 2.75) is 103 Å². The quantitative estimate of drug-likeness (QED) is 0.611. The maximum Gasteiger partial charge on any atom is 0.407 e. The van der Waals surface area contributed by atoms with Gasteiger partial charge >= 0.3 is 6.09 Å². The van der Waals surface area contributed by atoms with Crippen LogP contribution in [0.25, 0.3) is 0 Å². The second-order valence-electron chi connectivity index (χ2n) is 10.2. The lowest BCUT2D eigenvalue weighted by Gasteiger charge is -2.36. The molecule has 1 heterocycles. The number of amides is 1. The van der Waals surface area contributed by atoms with Crippen molar-refractivity contribution in [3.05, 3.63) is 29.3 Å². The molecule has 0 bridgehead atoms. The number of rotatable bonds is 7. The molecular weight excluding hydrogens is 404 g/mol. The number of ether oxygens (including phenoxy) is 3. The average molecular weight is 447 g/mol. The van der Waals surface area contributed by atoms with Gasteiger partial charge in [0.15, 0.2) is 0 Å². The van der Waals surface area contributed by atoms with Gasteiger partial charge in [0.2, 0.25) is 0 Å². The fourth-order valence-corrected chi connectivity index (χ4v) is 4.81. The summed E-state index contributed by atoms with van der Waals surface area (Å²) in [6.45, 7) is 12.1. The number of aryl methyl sites for hydroxylation is 1. The van der Waals surface area contributed by atoms with Crippen LogP contribution in [0.15, 0.2) is 18.2 Å². The van der Waals surface area contributed by atoms with E-state index in [9.17, 15) is 4.79 Å². The lowest BCUT2D eigenvalue weighted by Crippen LogP contribution is -2.56. The average Bonchev–Trinajstić information content (AvgIpc) is 2.73. The van der Waals surface area contributed by atoms with E-state index in [4.69, 9.17) is 14.2 Å². The van der Waals surface area contributed by atoms with Gasteiger partial charge in [-0.2, -0.15) is 0 Å². The SMILES string of the molecule is CCOc1ccc(C)cc1C1CCC(OCC2NCCCC2NC(=O)OC(C)(C)C)CC1. The maximum atomic E-state index is 12.2. The van der Waals surface area contributed by atoms with Crippen LogP contribution in [0.4, 0.5) is 4.79 Å². The van der Waals surface area contributed by atoms with E-state index in [1.807, 2.05) is 27.7 Å². The van der Waals surface area contributed by atoms with Gasteiger partial charge in [-0.25, -0.2) is 4.79 Å². The first-order chi connectivity index (χ1) is 15.2. The molecule has 0 spiro atoms. The predicted molar refractivity (Wildman–Crippen MR) is 127 cm³/mol. The van der Waals surface area contributed by atoms with Crippen LogP contribution in [0.3, 0.4) is 0 Å². The highest BCUT2D eigenvalue weighted by atomic mass is 16.6. The molecule has 180 valence electrons. The summed E-state index contributed by atoms with van der Waals surface area (Å²) in [5, 5.41) is 6.58. The minimum absolute atomic E-state index is 0.0379. The monoisotopic (exact) mass is 446 g/mol. The molecule has 2 unspecified atom stereocenters. The molecule has 3 rings (SSSR count). The zero-order valence-corrected chi connectivity index (χ0v) is 20.5. The number of alkyl carbamates (subject to hydrolysis) is 1. The second kappa shape index (κ2) is 11.4. The van der Waals surface area contributed by atoms with Crippen LogP contribution in [-0.4, -0.2) is 49.6 Å². The number of nitrogens with one attached hydrogen (secondary N) is 2. The highest BCUT2D eigenvalue weighted by Gasteiger charge is 2.30. The van der Waals surface area contributed by atoms with E-state index in [0.29, 0.717) is 19.1 Å². The molecule has 2 atom stereocenters. The minimum atomic E-state index is -0.490. The molecule has 2 aliphatic rings. The number of carbonyl (C=O) groups excluding carboxylic acids is 1. The van der Waals surface area contributed by atoms with Crippen molar-refractivity contribution >= 4 is 6.09 Å². The molecule has 1 saturated carbocycles. The van der Waals surface area contributed by atoms with Gasteiger partial charge in [0.05, 0.1) is 25.4 Å². The molecule has 32 heavy (non-hydrogen) atoms. The van der Waals surface area contributed by atoms with E-state index < -0.39 is 5.60 Å². The van der Waals surface area contributed by atoms with Gasteiger partial charge < -0.3 is 24.8 Å². The van der Waals surface area contributed by atoms with Crippen molar-refractivity contribution in [1.29, 1.82) is 0 Å². The van der Waals surface area contributed by atoms with Crippen LogP contribution >= 0.6 is 0 Å². The van der Waals surface area contributed by atoms with Crippen molar-refractivity contribution in [3.63, 3.8) is 0 Å². The van der Waals surface area contributed by atoms with Crippen molar-refractivity contribution in [2.75, 3.05) is 19.8 Å². The third-order valence-electron chi connectivity index (χ3n) is 6.38. The lowest BCUT2D eigenvalue weighted by atomic mass is 9.82. The van der Waals surface area contributed by atoms with E-state index in [2.05, 4.69) is 35.8 Å². The Bertz CT molecular complexity index is 738. The van der Waals surface area contributed by atoms with Crippen molar-refractivity contribution in [1.82, 2.24) is 10.6 Å². The zero-order chi connectivity index (χ0) is 23.1. The largest absolute Gasteiger partial charge is 0.494 e. The van der Waals surface area contributed by atoms with Gasteiger partial charge in [0, 0.05) is 6.04 Å². The Morgan fingerprint density at radius 2 is 1.91 bits per heavy atom. The molecule has 6 heteroatoms. The smallest absolute Gasteiger partial charge is 0.407 e. The number of carbonyl (C=O) groups is 1. The normalized spacial score (nSPS) is 26.4. The fraction of sp³-hybridized carbons (Fsp3) is 0.731. The predicted octanol–water partition coefficient (Wildman–Crippen LogP) is 5.08. The summed E-state index contributed by atoms with van der Waals surface area (Å²) in [5.74, 6) is 1.57. The van der Waals surface area contributed by atoms with Gasteiger partial charge in [0.25, 0.3) is 0 Å². The van der Waals surface area contributed by atoms with Crippen LogP contribution in [0.1, 0.15) is 83.3 Å². The standard InChI is InChI=1S/C26H42N2O4/c1-6-30-24-14-9-18(2)16-21(24)19-10-12-20(13-11-19)31-17-23-22(8-7-15-27-23)28-25(29)32-26(3,4)5/h9,14,16,19-20,22-23,27H,6-8,10-13,15,17H2,1-5H3,(H,28,29). The van der Waals surface area contributed by atoms with Crippen LogP contribution in [0.5, 0.6) is 5.75 Å². The molecule has 0 aromatic heterocycles. The van der Waals surface area contributed by atoms with Gasteiger partial charge in [-0.1, -0.05) is 17.7 Å². The highest BCUT2D eigenvalue weighted by molar-refractivity contribution is 5.68. The van der Waals surface area contributed by atoms with E-state index in [1.165, 1.54) is 11.1 Å². The van der Waals surface area contributed by atoms with Gasteiger partial charge in [-0.05, 0) is 97.2 Å². The lowest BCUT2D eigenvalue weighted by molar-refractivity contribution is 0.00158. The Kier molecular flexibility index (Phi) is 8.83. The summed E-state index contributed by atoms with van der Waals surface area (Å²) in [6, 6.07) is 6.69. The molecular formula is C26H42N2O4. The van der Waals surface area contributed by atoms with Gasteiger partial charge in [-0.15, -0.1) is 0 Å². The number of hydrogen-bond donors (Lipinski definition) is 2. The Morgan fingerprint density at radius 3 is 2.59 bits per heavy atom. The Morgan fingerprint density at radius 1 is 1.16 bits per heavy atom. The molecule has 1 saturated heterocycles. The molecule has 2 fully saturated rings. The first-order valence-corrected chi connectivity index (χ1v) is 12.3. The third kappa shape index (κ3) is 7.38. The van der Waals surface area contributed by atoms with E-state index in [0.717, 1.165) is 50.8 Å². The number of piperidine rings is 1. The Hall–Kier alpha value is -1.79. The van der Waals surface area contributed by atoms with Crippen LogP contribution < -0.4 is 15.4 Å². The van der Waals surface area contributed by atoms with Gasteiger partial charge in [-0.3, -0.25) is 0 Å². The van der Waals surface area contributed by atoms with Crippen LogP contribution in [-0.2, 0) is 9.47 Å². The topological polar surface area (TPSA) is 68.8 Å². The summed E-state index contributed by atoms with van der Waals surface area (Å²) in [4.78, 5) is 12.2. The number of benzene rings is 1. The molecule has 0 radical (unpaired) electrons. The molecule has 1 amide bonds. The summed E-state index contributed by atoms with van der Waals surface area (Å²) in [5.41, 5.74) is 2.14. The van der Waals surface area contributed by atoms with Crippen LogP contribution in [0, 0.1) is 6.92 Å². The van der Waals surface area contributed by atoms with Gasteiger partial charge in [0.1, 0.15) is 11.4 Å². The molecule has 1 aromatic carbocycles. The molecule has 1 aliphatic heterocycles.